The summed E-state index contributed by atoms with van der Waals surface area (Å²) in [6, 6.07) is 157. The molecule has 130 heavy (non-hydrogen) atoms. The van der Waals surface area contributed by atoms with Gasteiger partial charge in [0.2, 0.25) is 0 Å². The van der Waals surface area contributed by atoms with E-state index in [9.17, 15) is 0 Å². The lowest BCUT2D eigenvalue weighted by molar-refractivity contribution is 0.00578. The van der Waals surface area contributed by atoms with Crippen molar-refractivity contribution in [1.29, 1.82) is 0 Å². The standard InChI is InChI=1S/C52H34N4.C37H32BNO2.C31H20ClN/c1-4-13-35(14-5-1)36-25-31-40(32-26-36)49-46-21-12-20-44(48(46)45-19-10-11-22-47(45)53-49)39-29-23-37(24-30-39)38-27-33-43(34-28-38)52-55-50(41-15-6-2-7-16-41)54-51(56-52)42-17-8-3-9-18-42;1-36(2)37(3,4)41-38(40-36)29-23-21-27(22-24-29)30-14-10-15-32-34(30)31-13-8-9-16-33(31)39-35(32)28-19-17-26(18-20-28)25-11-6-5-7-12-25;32-25-19-17-23(18-20-25)26-10-6-11-28-30(26)27-9-4-5-12-29(27)33-31(28)24-15-13-22(14-16-24)21-7-2-1-3-8-21/h1-34H;5-24H,1-4H3;1-20H. The molecule has 0 atom stereocenters. The molecule has 23 rings (SSSR count). The smallest absolute Gasteiger partial charge is 0.399 e. The van der Waals surface area contributed by atoms with Crippen LogP contribution in [0.15, 0.2) is 449 Å². The molecule has 0 radical (unpaired) electrons. The Hall–Kier alpha value is -15.7. The van der Waals surface area contributed by atoms with Gasteiger partial charge in [0, 0.05) is 86.9 Å². The number of benzene rings is 18. The molecular weight excluding hydrogens is 1600 g/mol. The second-order valence-electron chi connectivity index (χ2n) is 33.9. The molecule has 1 aliphatic rings. The van der Waals surface area contributed by atoms with Crippen molar-refractivity contribution in [3.63, 3.8) is 0 Å². The molecular formula is C120H86BClN6O2. The van der Waals surface area contributed by atoms with Crippen molar-refractivity contribution in [2.45, 2.75) is 38.9 Å². The molecule has 1 aliphatic heterocycles. The molecule has 0 aliphatic carbocycles. The summed E-state index contributed by atoms with van der Waals surface area (Å²) in [4.78, 5) is 30.2. The predicted molar refractivity (Wildman–Crippen MR) is 543 cm³/mol. The summed E-state index contributed by atoms with van der Waals surface area (Å²) in [7, 11) is -0.378. The van der Waals surface area contributed by atoms with Crippen LogP contribution in [0.5, 0.6) is 0 Å². The van der Waals surface area contributed by atoms with Crippen LogP contribution in [0.1, 0.15) is 27.7 Å². The maximum atomic E-state index is 6.29. The van der Waals surface area contributed by atoms with Gasteiger partial charge in [-0.3, -0.25) is 0 Å². The maximum Gasteiger partial charge on any atom is 0.494 e. The zero-order valence-electron chi connectivity index (χ0n) is 72.2. The van der Waals surface area contributed by atoms with Gasteiger partial charge >= 0.3 is 7.12 Å². The van der Waals surface area contributed by atoms with Crippen LogP contribution in [0.4, 0.5) is 0 Å². The Morgan fingerprint density at radius 3 is 0.708 bits per heavy atom. The zero-order chi connectivity index (χ0) is 87.7. The molecule has 22 aromatic rings. The lowest BCUT2D eigenvalue weighted by atomic mass is 9.78. The van der Waals surface area contributed by atoms with Gasteiger partial charge in [-0.2, -0.15) is 0 Å². The van der Waals surface area contributed by atoms with Crippen LogP contribution < -0.4 is 5.46 Å². The molecule has 8 nitrogen and oxygen atoms in total. The number of rotatable bonds is 14. The summed E-state index contributed by atoms with van der Waals surface area (Å²) in [5.41, 5.74) is 28.9. The van der Waals surface area contributed by atoms with Crippen molar-refractivity contribution in [1.82, 2.24) is 29.9 Å². The van der Waals surface area contributed by atoms with Crippen molar-refractivity contribution in [2.75, 3.05) is 0 Å². The van der Waals surface area contributed by atoms with Crippen LogP contribution in [-0.2, 0) is 9.31 Å². The van der Waals surface area contributed by atoms with E-state index in [1.807, 2.05) is 97.1 Å². The number of aromatic nitrogens is 6. The Balaban J connectivity index is 0.000000123. The summed E-state index contributed by atoms with van der Waals surface area (Å²) >= 11 is 6.16. The largest absolute Gasteiger partial charge is 0.494 e. The van der Waals surface area contributed by atoms with E-state index in [2.05, 4.69) is 380 Å². The monoisotopic (exact) mass is 1690 g/mol. The maximum absolute atomic E-state index is 6.29. The summed E-state index contributed by atoms with van der Waals surface area (Å²) < 4.78 is 12.6. The Labute approximate surface area is 761 Å². The van der Waals surface area contributed by atoms with Gasteiger partial charge < -0.3 is 9.31 Å². The predicted octanol–water partition coefficient (Wildman–Crippen LogP) is 31.0. The fourth-order valence-corrected chi connectivity index (χ4v) is 17.9. The lowest BCUT2D eigenvalue weighted by Gasteiger charge is -2.32. The number of pyridine rings is 3. The van der Waals surface area contributed by atoms with Gasteiger partial charge in [-0.1, -0.05) is 430 Å². The van der Waals surface area contributed by atoms with Gasteiger partial charge in [0.15, 0.2) is 17.5 Å². The highest BCUT2D eigenvalue weighted by molar-refractivity contribution is 6.62. The third kappa shape index (κ3) is 16.3. The molecule has 0 bridgehead atoms. The van der Waals surface area contributed by atoms with Crippen LogP contribution in [0.3, 0.4) is 0 Å². The van der Waals surface area contributed by atoms with Gasteiger partial charge in [-0.25, -0.2) is 29.9 Å². The Kier molecular flexibility index (Phi) is 22.0. The summed E-state index contributed by atoms with van der Waals surface area (Å²) in [6.07, 6.45) is 0. The van der Waals surface area contributed by atoms with E-state index in [-0.39, 0.29) is 18.3 Å². The fraction of sp³-hybridized carbons (Fsp3) is 0.0500. The number of halogens is 1. The van der Waals surface area contributed by atoms with E-state index in [1.165, 1.54) is 66.2 Å². The molecule has 1 fully saturated rings. The van der Waals surface area contributed by atoms with Gasteiger partial charge in [-0.15, -0.1) is 0 Å². The van der Waals surface area contributed by atoms with E-state index >= 15 is 0 Å². The zero-order valence-corrected chi connectivity index (χ0v) is 72.9. The Bertz CT molecular complexity index is 7820. The quantitative estimate of drug-likeness (QED) is 0.0785. The first-order valence-electron chi connectivity index (χ1n) is 44.1. The van der Waals surface area contributed by atoms with E-state index in [0.29, 0.717) is 17.5 Å². The Morgan fingerprint density at radius 1 is 0.192 bits per heavy atom. The average molecular weight is 1690 g/mol. The van der Waals surface area contributed by atoms with Gasteiger partial charge in [0.25, 0.3) is 0 Å². The van der Waals surface area contributed by atoms with Gasteiger partial charge in [0.05, 0.1) is 44.8 Å². The molecule has 0 amide bonds. The molecule has 18 aromatic carbocycles. The van der Waals surface area contributed by atoms with E-state index in [1.54, 1.807) is 0 Å². The van der Waals surface area contributed by atoms with E-state index in [4.69, 9.17) is 50.8 Å². The normalized spacial score (nSPS) is 12.7. The molecule has 1 saturated heterocycles. The number of para-hydroxylation sites is 3. The number of hydrogen-bond acceptors (Lipinski definition) is 8. The summed E-state index contributed by atoms with van der Waals surface area (Å²) in [6.45, 7) is 8.35. The van der Waals surface area contributed by atoms with Crippen molar-refractivity contribution in [2.24, 2.45) is 0 Å². The van der Waals surface area contributed by atoms with Gasteiger partial charge in [-0.05, 0) is 141 Å². The van der Waals surface area contributed by atoms with Crippen molar-refractivity contribution in [3.8, 4) is 146 Å². The molecule has 0 spiro atoms. The number of fused-ring (bicyclic) bond motifs is 9. The third-order valence-corrected chi connectivity index (χ3v) is 25.5. The van der Waals surface area contributed by atoms with Crippen LogP contribution in [0, 0.1) is 0 Å². The highest BCUT2D eigenvalue weighted by Gasteiger charge is 2.51. The van der Waals surface area contributed by atoms with Crippen molar-refractivity contribution >= 4 is 89.2 Å². The van der Waals surface area contributed by atoms with Crippen LogP contribution in [0.2, 0.25) is 5.02 Å². The first-order valence-corrected chi connectivity index (χ1v) is 44.4. The summed E-state index contributed by atoms with van der Waals surface area (Å²) in [5.74, 6) is 1.95. The first-order chi connectivity index (χ1) is 63.8. The van der Waals surface area contributed by atoms with Crippen LogP contribution in [0.25, 0.3) is 211 Å². The van der Waals surface area contributed by atoms with Crippen LogP contribution in [-0.4, -0.2) is 48.2 Å². The van der Waals surface area contributed by atoms with E-state index in [0.717, 1.165) is 138 Å². The molecule has 5 heterocycles. The first kappa shape index (κ1) is 81.3. The SMILES string of the molecule is CC1(C)OB(c2ccc(-c3cccc4c(-c5ccc(-c6ccccc6)cc5)nc5ccccc5c34)cc2)OC1(C)C.Clc1ccc(-c2cccc3c(-c4ccc(-c5ccccc5)cc4)nc4ccccc4c23)cc1.c1ccc(-c2ccc(-c3nc4ccccc4c4c(-c5ccc(-c6ccc(-c7nc(-c8ccccc8)nc(-c8ccccc8)n7)cc6)cc5)cccc34)cc2)cc1. The molecule has 0 saturated carbocycles. The topological polar surface area (TPSA) is 95.8 Å². The van der Waals surface area contributed by atoms with Crippen molar-refractivity contribution < 1.29 is 9.31 Å². The molecule has 4 aromatic heterocycles. The second kappa shape index (κ2) is 35.2. The highest BCUT2D eigenvalue weighted by atomic mass is 35.5. The highest BCUT2D eigenvalue weighted by Crippen LogP contribution is 2.45. The molecule has 0 N–H and O–H groups in total. The lowest BCUT2D eigenvalue weighted by Crippen LogP contribution is -2.41. The Morgan fingerprint density at radius 2 is 0.408 bits per heavy atom. The van der Waals surface area contributed by atoms with Gasteiger partial charge in [0.1, 0.15) is 0 Å². The minimum Gasteiger partial charge on any atom is -0.399 e. The van der Waals surface area contributed by atoms with E-state index < -0.39 is 0 Å². The molecule has 618 valence electrons. The fourth-order valence-electron chi connectivity index (χ4n) is 17.8. The van der Waals surface area contributed by atoms with Crippen molar-refractivity contribution in [3.05, 3.63) is 454 Å². The summed E-state index contributed by atoms with van der Waals surface area (Å²) in [5, 5.41) is 11.3. The molecule has 10 heteroatoms. The number of nitrogens with zero attached hydrogens (tertiary/aromatic N) is 6. The van der Waals surface area contributed by atoms with Crippen LogP contribution >= 0.6 is 11.6 Å². The third-order valence-electron chi connectivity index (χ3n) is 25.2. The molecule has 0 unspecified atom stereocenters. The number of hydrogen-bond donors (Lipinski definition) is 0. The minimum atomic E-state index is -0.378. The average Bonchev–Trinajstić information content (AvgIpc) is 0.971. The minimum absolute atomic E-state index is 0.367. The second-order valence-corrected chi connectivity index (χ2v) is 34.3.